The number of carbonyl (C=O) groups excluding carboxylic acids is 1. The normalized spacial score (nSPS) is 13.1. The minimum atomic E-state index is -0.708. The number of benzene rings is 1. The van der Waals surface area contributed by atoms with E-state index in [4.69, 9.17) is 17.3 Å². The summed E-state index contributed by atoms with van der Waals surface area (Å²) in [7, 11) is 0. The van der Waals surface area contributed by atoms with E-state index in [-0.39, 0.29) is 10.6 Å². The van der Waals surface area contributed by atoms with Crippen molar-refractivity contribution in [2.45, 2.75) is 33.4 Å². The standard InChI is InChI=1S/C25H23ClFN7O/c1-3-19-22(15-4-5-20(28)29-11-15)24(32-13-31-19)16-8-17(26)23(18(27)9-16)25(35)33-6-7-34-14(2)10-30-21(34)12-33/h4-5,8-11,13H,3,6-7,12H2,1-2H3,(H2,28,29). The van der Waals surface area contributed by atoms with Crippen molar-refractivity contribution in [1.82, 2.24) is 29.4 Å². The van der Waals surface area contributed by atoms with Gasteiger partial charge in [0.15, 0.2) is 0 Å². The van der Waals surface area contributed by atoms with Crippen LogP contribution in [0.15, 0.2) is 43.0 Å². The molecule has 4 heterocycles. The lowest BCUT2D eigenvalue weighted by Gasteiger charge is -2.29. The summed E-state index contributed by atoms with van der Waals surface area (Å²) in [5.41, 5.74) is 9.81. The molecule has 0 radical (unpaired) electrons. The van der Waals surface area contributed by atoms with Gasteiger partial charge >= 0.3 is 0 Å². The molecule has 0 aliphatic carbocycles. The van der Waals surface area contributed by atoms with Crippen molar-refractivity contribution >= 4 is 23.3 Å². The molecule has 0 fully saturated rings. The zero-order valence-corrected chi connectivity index (χ0v) is 20.1. The average molecular weight is 492 g/mol. The molecule has 35 heavy (non-hydrogen) atoms. The second-order valence-electron chi connectivity index (χ2n) is 8.38. The summed E-state index contributed by atoms with van der Waals surface area (Å²) in [6.07, 6.45) is 5.47. The molecule has 2 N–H and O–H groups in total. The maximum atomic E-state index is 15.4. The van der Waals surface area contributed by atoms with Crippen molar-refractivity contribution < 1.29 is 9.18 Å². The van der Waals surface area contributed by atoms with E-state index in [9.17, 15) is 4.79 Å². The molecule has 178 valence electrons. The number of fused-ring (bicyclic) bond motifs is 1. The smallest absolute Gasteiger partial charge is 0.258 e. The number of pyridine rings is 1. The maximum Gasteiger partial charge on any atom is 0.258 e. The van der Waals surface area contributed by atoms with Gasteiger partial charge in [-0.15, -0.1) is 0 Å². The van der Waals surface area contributed by atoms with Crippen molar-refractivity contribution in [1.29, 1.82) is 0 Å². The molecule has 0 unspecified atom stereocenters. The number of imidazole rings is 1. The van der Waals surface area contributed by atoms with E-state index in [1.807, 2.05) is 19.9 Å². The predicted molar refractivity (Wildman–Crippen MR) is 131 cm³/mol. The molecule has 1 aromatic carbocycles. The first-order chi connectivity index (χ1) is 16.9. The van der Waals surface area contributed by atoms with E-state index < -0.39 is 11.7 Å². The van der Waals surface area contributed by atoms with Crippen LogP contribution in [-0.4, -0.2) is 41.9 Å². The summed E-state index contributed by atoms with van der Waals surface area (Å²) in [4.78, 5) is 32.2. The van der Waals surface area contributed by atoms with E-state index in [2.05, 4.69) is 24.5 Å². The number of hydrogen-bond acceptors (Lipinski definition) is 6. The largest absolute Gasteiger partial charge is 0.384 e. The van der Waals surface area contributed by atoms with Gasteiger partial charge in [0.05, 0.1) is 28.5 Å². The maximum absolute atomic E-state index is 15.4. The van der Waals surface area contributed by atoms with Gasteiger partial charge in [-0.2, -0.15) is 0 Å². The Morgan fingerprint density at radius 1 is 1.11 bits per heavy atom. The summed E-state index contributed by atoms with van der Waals surface area (Å²) in [6.45, 7) is 5.28. The number of nitrogen functional groups attached to an aromatic ring is 1. The number of anilines is 1. The number of halogens is 2. The van der Waals surface area contributed by atoms with Crippen LogP contribution in [0, 0.1) is 12.7 Å². The zero-order valence-electron chi connectivity index (χ0n) is 19.3. The highest BCUT2D eigenvalue weighted by Crippen LogP contribution is 2.36. The molecule has 1 aliphatic heterocycles. The third-order valence-corrected chi connectivity index (χ3v) is 6.51. The molecule has 0 atom stereocenters. The van der Waals surface area contributed by atoms with Crippen LogP contribution in [0.2, 0.25) is 5.02 Å². The Morgan fingerprint density at radius 2 is 1.94 bits per heavy atom. The van der Waals surface area contributed by atoms with Crippen LogP contribution in [0.1, 0.15) is 34.5 Å². The summed E-state index contributed by atoms with van der Waals surface area (Å²) < 4.78 is 17.5. The number of carbonyl (C=O) groups is 1. The van der Waals surface area contributed by atoms with Gasteiger partial charge in [0.1, 0.15) is 23.8 Å². The van der Waals surface area contributed by atoms with Crippen LogP contribution < -0.4 is 5.73 Å². The van der Waals surface area contributed by atoms with Crippen molar-refractivity contribution in [2.24, 2.45) is 0 Å². The predicted octanol–water partition coefficient (Wildman–Crippen LogP) is 4.30. The summed E-state index contributed by atoms with van der Waals surface area (Å²) in [6, 6.07) is 6.38. The van der Waals surface area contributed by atoms with Gasteiger partial charge in [0.2, 0.25) is 0 Å². The van der Waals surface area contributed by atoms with E-state index >= 15 is 4.39 Å². The Hall–Kier alpha value is -3.85. The molecular weight excluding hydrogens is 469 g/mol. The minimum Gasteiger partial charge on any atom is -0.384 e. The van der Waals surface area contributed by atoms with Gasteiger partial charge in [-0.3, -0.25) is 4.79 Å². The van der Waals surface area contributed by atoms with E-state index in [0.717, 1.165) is 28.3 Å². The van der Waals surface area contributed by atoms with Crippen LogP contribution in [0.5, 0.6) is 0 Å². The summed E-state index contributed by atoms with van der Waals surface area (Å²) in [5, 5.41) is 0.0214. The summed E-state index contributed by atoms with van der Waals surface area (Å²) >= 11 is 6.52. The number of aromatic nitrogens is 5. The number of nitrogens with two attached hydrogens (primary N) is 1. The number of hydrogen-bond donors (Lipinski definition) is 1. The fourth-order valence-corrected chi connectivity index (χ4v) is 4.71. The molecule has 0 saturated carbocycles. The van der Waals surface area contributed by atoms with Crippen LogP contribution in [0.25, 0.3) is 22.4 Å². The van der Waals surface area contributed by atoms with Gasteiger partial charge in [0, 0.05) is 47.9 Å². The fraction of sp³-hybridized carbons (Fsp3) is 0.240. The Kier molecular flexibility index (Phi) is 5.94. The van der Waals surface area contributed by atoms with E-state index in [1.165, 1.54) is 12.4 Å². The number of amides is 1. The topological polar surface area (TPSA) is 103 Å². The zero-order chi connectivity index (χ0) is 24.7. The molecule has 8 nitrogen and oxygen atoms in total. The number of nitrogens with zero attached hydrogens (tertiary/aromatic N) is 6. The van der Waals surface area contributed by atoms with Gasteiger partial charge in [-0.25, -0.2) is 24.3 Å². The Balaban J connectivity index is 1.53. The van der Waals surface area contributed by atoms with Crippen molar-refractivity contribution in [2.75, 3.05) is 12.3 Å². The third-order valence-electron chi connectivity index (χ3n) is 6.22. The Bertz CT molecular complexity index is 1410. The second kappa shape index (κ2) is 9.07. The number of aryl methyl sites for hydroxylation is 2. The molecule has 1 aliphatic rings. The molecule has 5 rings (SSSR count). The number of rotatable bonds is 4. The lowest BCUT2D eigenvalue weighted by atomic mass is 9.96. The molecule has 4 aromatic rings. The summed E-state index contributed by atoms with van der Waals surface area (Å²) in [5.74, 6) is -0.0194. The van der Waals surface area contributed by atoms with E-state index in [1.54, 1.807) is 29.4 Å². The molecule has 0 saturated heterocycles. The Morgan fingerprint density at radius 3 is 2.66 bits per heavy atom. The highest BCUT2D eigenvalue weighted by molar-refractivity contribution is 6.34. The average Bonchev–Trinajstić information content (AvgIpc) is 3.23. The van der Waals surface area contributed by atoms with Gasteiger partial charge < -0.3 is 15.2 Å². The molecule has 1 amide bonds. The third kappa shape index (κ3) is 4.12. The lowest BCUT2D eigenvalue weighted by molar-refractivity contribution is 0.0702. The minimum absolute atomic E-state index is 0.0214. The molecule has 3 aromatic heterocycles. The molecule has 0 spiro atoms. The first kappa shape index (κ1) is 22.9. The van der Waals surface area contributed by atoms with Gasteiger partial charge in [0.25, 0.3) is 5.91 Å². The monoisotopic (exact) mass is 491 g/mol. The fourth-order valence-electron chi connectivity index (χ4n) is 4.42. The lowest BCUT2D eigenvalue weighted by Crippen LogP contribution is -2.39. The second-order valence-corrected chi connectivity index (χ2v) is 8.79. The van der Waals surface area contributed by atoms with E-state index in [0.29, 0.717) is 43.1 Å². The first-order valence-corrected chi connectivity index (χ1v) is 11.6. The molecule has 0 bridgehead atoms. The van der Waals surface area contributed by atoms with Crippen molar-refractivity contribution in [3.63, 3.8) is 0 Å². The SMILES string of the molecule is CCc1ncnc(-c2cc(F)c(C(=O)N3CCn4c(C)cnc4C3)c(Cl)c2)c1-c1ccc(N)nc1. The van der Waals surface area contributed by atoms with Crippen LogP contribution in [0.3, 0.4) is 0 Å². The van der Waals surface area contributed by atoms with Crippen molar-refractivity contribution in [3.8, 4) is 22.4 Å². The quantitative estimate of drug-likeness (QED) is 0.456. The highest BCUT2D eigenvalue weighted by Gasteiger charge is 2.28. The molecule has 10 heteroatoms. The highest BCUT2D eigenvalue weighted by atomic mass is 35.5. The Labute approximate surface area is 206 Å². The van der Waals surface area contributed by atoms with Crippen LogP contribution in [-0.2, 0) is 19.5 Å². The molecular formula is C25H23ClFN7O. The van der Waals surface area contributed by atoms with Gasteiger partial charge in [-0.1, -0.05) is 18.5 Å². The van der Waals surface area contributed by atoms with Crippen LogP contribution in [0.4, 0.5) is 10.2 Å². The van der Waals surface area contributed by atoms with Crippen molar-refractivity contribution in [3.05, 3.63) is 76.6 Å². The van der Waals surface area contributed by atoms with Crippen LogP contribution >= 0.6 is 11.6 Å². The van der Waals surface area contributed by atoms with Gasteiger partial charge in [-0.05, 0) is 37.6 Å². The first-order valence-electron chi connectivity index (χ1n) is 11.2.